The number of likely N-dealkylation sites (N-methyl/N-ethyl adjacent to an activating group) is 1. The lowest BCUT2D eigenvalue weighted by Gasteiger charge is -2.35. The third-order valence-corrected chi connectivity index (χ3v) is 4.40. The van der Waals surface area contributed by atoms with Crippen LogP contribution in [0, 0.1) is 0 Å². The van der Waals surface area contributed by atoms with Crippen LogP contribution >= 0.6 is 0 Å². The SMILES string of the molecule is CCc1ccc(C(CN)N2CCCN(C)CC2CC)o1. The zero-order valence-corrected chi connectivity index (χ0v) is 13.1. The van der Waals surface area contributed by atoms with Crippen molar-refractivity contribution in [3.05, 3.63) is 23.7 Å². The van der Waals surface area contributed by atoms with Gasteiger partial charge in [0.25, 0.3) is 0 Å². The summed E-state index contributed by atoms with van der Waals surface area (Å²) in [5.41, 5.74) is 6.07. The van der Waals surface area contributed by atoms with Crippen LogP contribution in [-0.4, -0.2) is 49.1 Å². The molecular formula is C16H29N3O. The highest BCUT2D eigenvalue weighted by Crippen LogP contribution is 2.27. The van der Waals surface area contributed by atoms with E-state index < -0.39 is 0 Å². The molecule has 1 aromatic rings. The fourth-order valence-corrected chi connectivity index (χ4v) is 3.21. The Balaban J connectivity index is 2.19. The number of hydrogen-bond acceptors (Lipinski definition) is 4. The average molecular weight is 279 g/mol. The predicted octanol–water partition coefficient (Wildman–Crippen LogP) is 2.26. The Morgan fingerprint density at radius 1 is 1.35 bits per heavy atom. The minimum atomic E-state index is 0.215. The monoisotopic (exact) mass is 279 g/mol. The van der Waals surface area contributed by atoms with Crippen LogP contribution in [0.15, 0.2) is 16.5 Å². The highest BCUT2D eigenvalue weighted by Gasteiger charge is 2.30. The molecule has 4 heteroatoms. The maximum atomic E-state index is 6.07. The van der Waals surface area contributed by atoms with Crippen LogP contribution in [-0.2, 0) is 6.42 Å². The summed E-state index contributed by atoms with van der Waals surface area (Å²) in [5.74, 6) is 2.09. The van der Waals surface area contributed by atoms with Crippen molar-refractivity contribution >= 4 is 0 Å². The molecule has 0 aromatic carbocycles. The Labute approximate surface area is 122 Å². The first-order valence-electron chi connectivity index (χ1n) is 7.92. The number of rotatable bonds is 5. The van der Waals surface area contributed by atoms with E-state index in [1.54, 1.807) is 0 Å². The molecule has 2 N–H and O–H groups in total. The molecule has 114 valence electrons. The highest BCUT2D eigenvalue weighted by molar-refractivity contribution is 5.12. The summed E-state index contributed by atoms with van der Waals surface area (Å²) in [6.07, 6.45) is 3.30. The Hall–Kier alpha value is -0.840. The normalized spacial score (nSPS) is 23.7. The topological polar surface area (TPSA) is 45.6 Å². The van der Waals surface area contributed by atoms with Crippen LogP contribution in [0.25, 0.3) is 0 Å². The summed E-state index contributed by atoms with van der Waals surface area (Å²) in [5, 5.41) is 0. The van der Waals surface area contributed by atoms with E-state index in [1.807, 2.05) is 0 Å². The Kier molecular flexibility index (Phi) is 5.64. The summed E-state index contributed by atoms with van der Waals surface area (Å²) in [4.78, 5) is 4.99. The largest absolute Gasteiger partial charge is 0.464 e. The van der Waals surface area contributed by atoms with E-state index in [9.17, 15) is 0 Å². The fraction of sp³-hybridized carbons (Fsp3) is 0.750. The molecule has 1 saturated heterocycles. The van der Waals surface area contributed by atoms with Gasteiger partial charge in [0.05, 0.1) is 6.04 Å². The second kappa shape index (κ2) is 7.25. The third-order valence-electron chi connectivity index (χ3n) is 4.40. The van der Waals surface area contributed by atoms with Crippen molar-refractivity contribution in [3.63, 3.8) is 0 Å². The third kappa shape index (κ3) is 3.43. The summed E-state index contributed by atoms with van der Waals surface area (Å²) < 4.78 is 5.96. The van der Waals surface area contributed by atoms with Gasteiger partial charge in [-0.05, 0) is 38.6 Å². The van der Waals surface area contributed by atoms with Gasteiger partial charge in [-0.3, -0.25) is 4.90 Å². The summed E-state index contributed by atoms with van der Waals surface area (Å²) in [6.45, 7) is 8.40. The molecule has 1 aromatic heterocycles. The lowest BCUT2D eigenvalue weighted by Crippen LogP contribution is -2.44. The van der Waals surface area contributed by atoms with Crippen LogP contribution in [0.1, 0.15) is 44.3 Å². The second-order valence-corrected chi connectivity index (χ2v) is 5.82. The molecule has 1 fully saturated rings. The van der Waals surface area contributed by atoms with Gasteiger partial charge >= 0.3 is 0 Å². The molecule has 0 radical (unpaired) electrons. The number of furan rings is 1. The zero-order valence-electron chi connectivity index (χ0n) is 13.1. The summed E-state index contributed by atoms with van der Waals surface area (Å²) in [7, 11) is 2.21. The van der Waals surface area contributed by atoms with Crippen molar-refractivity contribution < 1.29 is 4.42 Å². The molecule has 4 nitrogen and oxygen atoms in total. The molecule has 0 aliphatic carbocycles. The van der Waals surface area contributed by atoms with Crippen LogP contribution in [0.4, 0.5) is 0 Å². The average Bonchev–Trinajstić information content (AvgIpc) is 2.85. The summed E-state index contributed by atoms with van der Waals surface area (Å²) in [6, 6.07) is 4.97. The number of aryl methyl sites for hydroxylation is 1. The fourth-order valence-electron chi connectivity index (χ4n) is 3.21. The maximum absolute atomic E-state index is 6.07. The molecule has 2 unspecified atom stereocenters. The number of nitrogens with zero attached hydrogens (tertiary/aromatic N) is 2. The van der Waals surface area contributed by atoms with Crippen molar-refractivity contribution in [1.82, 2.24) is 9.80 Å². The molecule has 2 rings (SSSR count). The van der Waals surface area contributed by atoms with E-state index >= 15 is 0 Å². The minimum absolute atomic E-state index is 0.215. The van der Waals surface area contributed by atoms with Gasteiger partial charge < -0.3 is 15.1 Å². The Morgan fingerprint density at radius 3 is 2.75 bits per heavy atom. The van der Waals surface area contributed by atoms with Gasteiger partial charge in [-0.2, -0.15) is 0 Å². The van der Waals surface area contributed by atoms with Crippen LogP contribution in [0.2, 0.25) is 0 Å². The smallest absolute Gasteiger partial charge is 0.122 e. The minimum Gasteiger partial charge on any atom is -0.464 e. The van der Waals surface area contributed by atoms with Crippen molar-refractivity contribution in [2.24, 2.45) is 5.73 Å². The Bertz CT molecular complexity index is 404. The van der Waals surface area contributed by atoms with Crippen molar-refractivity contribution in [2.45, 2.75) is 45.2 Å². The first-order valence-corrected chi connectivity index (χ1v) is 7.92. The van der Waals surface area contributed by atoms with E-state index in [2.05, 4.69) is 42.8 Å². The van der Waals surface area contributed by atoms with Gasteiger partial charge in [0.15, 0.2) is 0 Å². The van der Waals surface area contributed by atoms with Gasteiger partial charge in [-0.25, -0.2) is 0 Å². The molecule has 1 aliphatic heterocycles. The summed E-state index contributed by atoms with van der Waals surface area (Å²) >= 11 is 0. The molecule has 2 atom stereocenters. The van der Waals surface area contributed by atoms with Crippen LogP contribution < -0.4 is 5.73 Å². The standard InChI is InChI=1S/C16H29N3O/c1-4-13-12-18(3)9-6-10-19(13)15(11-17)16-8-7-14(5-2)20-16/h7-8,13,15H,4-6,9-12,17H2,1-3H3. The molecular weight excluding hydrogens is 250 g/mol. The van der Waals surface area contributed by atoms with Gasteiger partial charge in [0.2, 0.25) is 0 Å². The van der Waals surface area contributed by atoms with E-state index in [4.69, 9.17) is 10.2 Å². The van der Waals surface area contributed by atoms with Gasteiger partial charge in [0, 0.05) is 32.1 Å². The number of nitrogens with two attached hydrogens (primary N) is 1. The van der Waals surface area contributed by atoms with Crippen molar-refractivity contribution in [2.75, 3.05) is 33.2 Å². The molecule has 2 heterocycles. The quantitative estimate of drug-likeness (QED) is 0.898. The van der Waals surface area contributed by atoms with E-state index in [0.29, 0.717) is 12.6 Å². The van der Waals surface area contributed by atoms with E-state index in [-0.39, 0.29) is 6.04 Å². The lowest BCUT2D eigenvalue weighted by molar-refractivity contribution is 0.116. The molecule has 0 spiro atoms. The number of hydrogen-bond donors (Lipinski definition) is 1. The zero-order chi connectivity index (χ0) is 14.5. The molecule has 0 bridgehead atoms. The van der Waals surface area contributed by atoms with Crippen LogP contribution in [0.3, 0.4) is 0 Å². The molecule has 1 aliphatic rings. The van der Waals surface area contributed by atoms with Gasteiger partial charge in [-0.1, -0.05) is 13.8 Å². The highest BCUT2D eigenvalue weighted by atomic mass is 16.3. The Morgan fingerprint density at radius 2 is 2.15 bits per heavy atom. The van der Waals surface area contributed by atoms with Gasteiger partial charge in [0.1, 0.15) is 11.5 Å². The lowest BCUT2D eigenvalue weighted by atomic mass is 10.1. The first kappa shape index (κ1) is 15.5. The van der Waals surface area contributed by atoms with Crippen molar-refractivity contribution in [1.29, 1.82) is 0 Å². The van der Waals surface area contributed by atoms with Crippen LogP contribution in [0.5, 0.6) is 0 Å². The second-order valence-electron chi connectivity index (χ2n) is 5.82. The van der Waals surface area contributed by atoms with E-state index in [1.165, 1.54) is 13.0 Å². The first-order chi connectivity index (χ1) is 9.69. The van der Waals surface area contributed by atoms with Crippen molar-refractivity contribution in [3.8, 4) is 0 Å². The maximum Gasteiger partial charge on any atom is 0.122 e. The molecule has 20 heavy (non-hydrogen) atoms. The van der Waals surface area contributed by atoms with Gasteiger partial charge in [-0.15, -0.1) is 0 Å². The molecule has 0 amide bonds. The molecule has 0 saturated carbocycles. The van der Waals surface area contributed by atoms with E-state index in [0.717, 1.165) is 37.5 Å². The predicted molar refractivity (Wildman–Crippen MR) is 82.8 cm³/mol.